The minimum absolute atomic E-state index is 0.145. The van der Waals surface area contributed by atoms with Gasteiger partial charge in [0.05, 0.1) is 4.75 Å². The van der Waals surface area contributed by atoms with Crippen LogP contribution in [-0.2, 0) is 11.2 Å². The van der Waals surface area contributed by atoms with Crippen molar-refractivity contribution in [1.82, 2.24) is 0 Å². The molecule has 3 heteroatoms. The van der Waals surface area contributed by atoms with Gasteiger partial charge in [0.1, 0.15) is 6.29 Å². The van der Waals surface area contributed by atoms with Crippen LogP contribution in [0, 0.1) is 0 Å². The number of rotatable bonds is 3. The number of carbonyl (C=O) groups excluding carboxylic acids is 1. The predicted octanol–water partition coefficient (Wildman–Crippen LogP) is 3.46. The fraction of sp³-hybridized carbons (Fsp3) is 0.417. The number of benzene rings is 1. The fourth-order valence-electron chi connectivity index (χ4n) is 1.94. The Kier molecular flexibility index (Phi) is 3.52. The normalized spacial score (nSPS) is 25.4. The number of halogens is 1. The van der Waals surface area contributed by atoms with Crippen molar-refractivity contribution < 1.29 is 4.79 Å². The minimum atomic E-state index is -0.145. The van der Waals surface area contributed by atoms with Gasteiger partial charge in [0, 0.05) is 4.47 Å². The van der Waals surface area contributed by atoms with Crippen LogP contribution in [0.3, 0.4) is 0 Å². The molecular weight excluding hydrogens is 272 g/mol. The summed E-state index contributed by atoms with van der Waals surface area (Å²) in [6.07, 6.45) is 4.21. The molecule has 1 saturated heterocycles. The van der Waals surface area contributed by atoms with Crippen molar-refractivity contribution in [2.45, 2.75) is 24.0 Å². The Morgan fingerprint density at radius 3 is 2.67 bits per heavy atom. The molecule has 1 fully saturated rings. The van der Waals surface area contributed by atoms with Crippen LogP contribution in [-0.4, -0.2) is 16.8 Å². The maximum absolute atomic E-state index is 11.2. The summed E-state index contributed by atoms with van der Waals surface area (Å²) in [6.45, 7) is 0. The van der Waals surface area contributed by atoms with Crippen LogP contribution >= 0.6 is 27.7 Å². The summed E-state index contributed by atoms with van der Waals surface area (Å²) in [4.78, 5) is 11.2. The summed E-state index contributed by atoms with van der Waals surface area (Å²) in [6, 6.07) is 8.25. The molecule has 1 atom stereocenters. The van der Waals surface area contributed by atoms with Gasteiger partial charge >= 0.3 is 0 Å². The van der Waals surface area contributed by atoms with E-state index in [-0.39, 0.29) is 4.75 Å². The van der Waals surface area contributed by atoms with Crippen molar-refractivity contribution in [3.05, 3.63) is 34.3 Å². The number of carbonyl (C=O) groups is 1. The zero-order valence-corrected chi connectivity index (χ0v) is 10.8. The van der Waals surface area contributed by atoms with E-state index in [4.69, 9.17) is 0 Å². The molecule has 1 unspecified atom stereocenters. The van der Waals surface area contributed by atoms with Crippen LogP contribution in [0.15, 0.2) is 28.7 Å². The van der Waals surface area contributed by atoms with Gasteiger partial charge in [-0.25, -0.2) is 0 Å². The van der Waals surface area contributed by atoms with Crippen molar-refractivity contribution in [2.75, 3.05) is 5.75 Å². The molecule has 1 aliphatic rings. The Morgan fingerprint density at radius 1 is 1.40 bits per heavy atom. The predicted molar refractivity (Wildman–Crippen MR) is 68.3 cm³/mol. The quantitative estimate of drug-likeness (QED) is 0.791. The molecule has 0 amide bonds. The third-order valence-corrected chi connectivity index (χ3v) is 4.81. The second-order valence-corrected chi connectivity index (χ2v) is 6.36. The highest BCUT2D eigenvalue weighted by atomic mass is 79.9. The van der Waals surface area contributed by atoms with E-state index in [1.54, 1.807) is 0 Å². The molecule has 1 nitrogen and oxygen atoms in total. The van der Waals surface area contributed by atoms with Crippen LogP contribution < -0.4 is 0 Å². The number of thioether (sulfide) groups is 1. The molecule has 1 aliphatic heterocycles. The smallest absolute Gasteiger partial charge is 0.136 e. The van der Waals surface area contributed by atoms with Crippen molar-refractivity contribution in [2.24, 2.45) is 0 Å². The molecule has 1 aromatic carbocycles. The van der Waals surface area contributed by atoms with Gasteiger partial charge in [-0.15, -0.1) is 11.8 Å². The monoisotopic (exact) mass is 284 g/mol. The molecule has 1 aromatic rings. The first-order valence-electron chi connectivity index (χ1n) is 5.09. The first-order valence-corrected chi connectivity index (χ1v) is 6.87. The number of hydrogen-bond donors (Lipinski definition) is 0. The Balaban J connectivity index is 2.12. The summed E-state index contributed by atoms with van der Waals surface area (Å²) < 4.78 is 0.943. The molecule has 0 saturated carbocycles. The van der Waals surface area contributed by atoms with Crippen LogP contribution in [0.2, 0.25) is 0 Å². The molecule has 80 valence electrons. The molecule has 2 rings (SSSR count). The fourth-order valence-corrected chi connectivity index (χ4v) is 3.53. The van der Waals surface area contributed by atoms with E-state index < -0.39 is 0 Å². The average Bonchev–Trinajstić information content (AvgIpc) is 2.71. The second kappa shape index (κ2) is 4.71. The first-order chi connectivity index (χ1) is 7.24. The van der Waals surface area contributed by atoms with E-state index >= 15 is 0 Å². The summed E-state index contributed by atoms with van der Waals surface area (Å²) in [7, 11) is 0. The lowest BCUT2D eigenvalue weighted by Crippen LogP contribution is -2.26. The lowest BCUT2D eigenvalue weighted by atomic mass is 9.96. The lowest BCUT2D eigenvalue weighted by Gasteiger charge is -2.20. The van der Waals surface area contributed by atoms with E-state index in [9.17, 15) is 4.79 Å². The molecule has 0 spiro atoms. The Labute approximate surface area is 103 Å². The standard InChI is InChI=1S/C12H13BrOS/c13-11-4-2-10(3-5-11)8-12(9-14)6-1-7-15-12/h2-5,9H,1,6-8H2. The summed E-state index contributed by atoms with van der Waals surface area (Å²) in [5.41, 5.74) is 1.25. The molecule has 0 radical (unpaired) electrons. The van der Waals surface area contributed by atoms with Crippen molar-refractivity contribution >= 4 is 34.0 Å². The van der Waals surface area contributed by atoms with Gasteiger partial charge < -0.3 is 4.79 Å². The van der Waals surface area contributed by atoms with Crippen LogP contribution in [0.1, 0.15) is 18.4 Å². The van der Waals surface area contributed by atoms with Crippen molar-refractivity contribution in [1.29, 1.82) is 0 Å². The van der Waals surface area contributed by atoms with Gasteiger partial charge in [-0.05, 0) is 42.7 Å². The first kappa shape index (κ1) is 11.2. The largest absolute Gasteiger partial charge is 0.302 e. The maximum Gasteiger partial charge on any atom is 0.136 e. The molecule has 1 heterocycles. The van der Waals surface area contributed by atoms with E-state index in [0.29, 0.717) is 0 Å². The molecule has 15 heavy (non-hydrogen) atoms. The zero-order valence-electron chi connectivity index (χ0n) is 8.41. The molecule has 0 aliphatic carbocycles. The van der Waals surface area contributed by atoms with Crippen LogP contribution in [0.5, 0.6) is 0 Å². The van der Waals surface area contributed by atoms with Crippen LogP contribution in [0.4, 0.5) is 0 Å². The third-order valence-electron chi connectivity index (χ3n) is 2.77. The molecular formula is C12H13BrOS. The Bertz CT molecular complexity index is 341. The van der Waals surface area contributed by atoms with E-state index in [2.05, 4.69) is 28.1 Å². The molecule has 0 bridgehead atoms. The van der Waals surface area contributed by atoms with E-state index in [1.165, 1.54) is 12.0 Å². The van der Waals surface area contributed by atoms with Gasteiger partial charge in [-0.2, -0.15) is 0 Å². The third kappa shape index (κ3) is 2.64. The Hall–Kier alpha value is -0.280. The summed E-state index contributed by atoms with van der Waals surface area (Å²) in [5, 5.41) is 0. The number of aldehydes is 1. The van der Waals surface area contributed by atoms with Gasteiger partial charge in [-0.1, -0.05) is 28.1 Å². The molecule has 0 aromatic heterocycles. The van der Waals surface area contributed by atoms with Crippen molar-refractivity contribution in [3.63, 3.8) is 0 Å². The highest BCUT2D eigenvalue weighted by Gasteiger charge is 2.34. The summed E-state index contributed by atoms with van der Waals surface area (Å²) >= 11 is 5.22. The highest BCUT2D eigenvalue weighted by molar-refractivity contribution is 9.10. The van der Waals surface area contributed by atoms with Gasteiger partial charge in [0.2, 0.25) is 0 Å². The zero-order chi connectivity index (χ0) is 10.7. The number of hydrogen-bond acceptors (Lipinski definition) is 2. The van der Waals surface area contributed by atoms with Crippen molar-refractivity contribution in [3.8, 4) is 0 Å². The Morgan fingerprint density at radius 2 is 2.13 bits per heavy atom. The van der Waals surface area contributed by atoms with E-state index in [1.807, 2.05) is 23.9 Å². The van der Waals surface area contributed by atoms with Gasteiger partial charge in [0.15, 0.2) is 0 Å². The van der Waals surface area contributed by atoms with Gasteiger partial charge in [-0.3, -0.25) is 0 Å². The highest BCUT2D eigenvalue weighted by Crippen LogP contribution is 2.39. The second-order valence-electron chi connectivity index (χ2n) is 3.94. The van der Waals surface area contributed by atoms with Gasteiger partial charge in [0.25, 0.3) is 0 Å². The van der Waals surface area contributed by atoms with Crippen LogP contribution in [0.25, 0.3) is 0 Å². The minimum Gasteiger partial charge on any atom is -0.302 e. The average molecular weight is 285 g/mol. The molecule has 0 N–H and O–H groups in total. The maximum atomic E-state index is 11.2. The SMILES string of the molecule is O=CC1(Cc2ccc(Br)cc2)CCCS1. The van der Waals surface area contributed by atoms with E-state index in [0.717, 1.165) is 29.4 Å². The lowest BCUT2D eigenvalue weighted by molar-refractivity contribution is -0.109. The summed E-state index contributed by atoms with van der Waals surface area (Å²) in [5.74, 6) is 1.12. The topological polar surface area (TPSA) is 17.1 Å².